The van der Waals surface area contributed by atoms with Gasteiger partial charge in [0.1, 0.15) is 5.82 Å². The molecule has 0 amide bonds. The predicted octanol–water partition coefficient (Wildman–Crippen LogP) is 3.20. The second-order valence-electron chi connectivity index (χ2n) is 8.71. The van der Waals surface area contributed by atoms with E-state index in [9.17, 15) is 0 Å². The zero-order valence-corrected chi connectivity index (χ0v) is 17.7. The molecule has 7 heteroatoms. The number of piperidine rings is 2. The van der Waals surface area contributed by atoms with Crippen molar-refractivity contribution in [3.8, 4) is 0 Å². The van der Waals surface area contributed by atoms with E-state index in [4.69, 9.17) is 5.73 Å². The van der Waals surface area contributed by atoms with Crippen molar-refractivity contribution in [2.75, 3.05) is 43.8 Å². The first-order valence-electron chi connectivity index (χ1n) is 10.8. The molecule has 7 nitrogen and oxygen atoms in total. The zero-order chi connectivity index (χ0) is 20.3. The molecule has 1 unspecified atom stereocenters. The largest absolute Gasteiger partial charge is 0.368 e. The van der Waals surface area contributed by atoms with Crippen LogP contribution in [0.5, 0.6) is 0 Å². The molecule has 1 aromatic carbocycles. The van der Waals surface area contributed by atoms with E-state index in [0.717, 1.165) is 37.7 Å². The molecule has 0 aliphatic carbocycles. The van der Waals surface area contributed by atoms with E-state index in [0.29, 0.717) is 11.4 Å². The molecule has 0 bridgehead atoms. The summed E-state index contributed by atoms with van der Waals surface area (Å²) in [6.07, 6.45) is 5.22. The first-order valence-corrected chi connectivity index (χ1v) is 10.8. The van der Waals surface area contributed by atoms with Crippen molar-refractivity contribution in [1.29, 1.82) is 0 Å². The van der Waals surface area contributed by atoms with Crippen LogP contribution in [0.1, 0.15) is 44.0 Å². The highest BCUT2D eigenvalue weighted by molar-refractivity contribution is 5.54. The molecule has 2 saturated heterocycles. The number of likely N-dealkylation sites (tertiary alicyclic amines) is 2. The molecule has 2 aliphatic rings. The molecule has 1 aromatic heterocycles. The van der Waals surface area contributed by atoms with E-state index in [2.05, 4.69) is 56.0 Å². The number of nitrogen functional groups attached to an aromatic ring is 1. The summed E-state index contributed by atoms with van der Waals surface area (Å²) in [7, 11) is 0. The Labute approximate surface area is 173 Å². The fourth-order valence-electron chi connectivity index (χ4n) is 4.97. The molecule has 156 valence electrons. The molecule has 3 heterocycles. The molecule has 1 atom stereocenters. The molecular formula is C22H33N7. The minimum atomic E-state index is 0.270. The number of aromatic nitrogens is 3. The molecule has 0 radical (unpaired) electrons. The molecule has 2 fully saturated rings. The van der Waals surface area contributed by atoms with Crippen LogP contribution in [0.4, 0.5) is 17.6 Å². The molecule has 29 heavy (non-hydrogen) atoms. The molecular weight excluding hydrogens is 362 g/mol. The zero-order valence-electron chi connectivity index (χ0n) is 17.7. The Bertz CT molecular complexity index is 836. The number of aryl methyl sites for hydroxylation is 1. The lowest BCUT2D eigenvalue weighted by atomic mass is 9.73. The van der Waals surface area contributed by atoms with Gasteiger partial charge < -0.3 is 16.0 Å². The highest BCUT2D eigenvalue weighted by Gasteiger charge is 2.38. The summed E-state index contributed by atoms with van der Waals surface area (Å²) >= 11 is 0. The maximum atomic E-state index is 5.99. The summed E-state index contributed by atoms with van der Waals surface area (Å²) in [5.41, 5.74) is 8.56. The highest BCUT2D eigenvalue weighted by atomic mass is 15.2. The van der Waals surface area contributed by atoms with E-state index in [1.165, 1.54) is 44.3 Å². The standard InChI is InChI=1S/C22H33N7/c1-3-28-11-5-9-22(15-28)10-6-12-29(16-22)14-19-25-20(23)27-21(26-19)24-18-8-4-7-17(2)13-18/h4,7-8,13H,3,5-6,9-12,14-16H2,1-2H3,(H3,23,24,25,26,27). The molecule has 4 rings (SSSR count). The van der Waals surface area contributed by atoms with Crippen molar-refractivity contribution in [3.63, 3.8) is 0 Å². The van der Waals surface area contributed by atoms with Crippen LogP contribution in [0.3, 0.4) is 0 Å². The summed E-state index contributed by atoms with van der Waals surface area (Å²) in [5.74, 6) is 1.53. The highest BCUT2D eigenvalue weighted by Crippen LogP contribution is 2.38. The van der Waals surface area contributed by atoms with Gasteiger partial charge >= 0.3 is 0 Å². The molecule has 0 saturated carbocycles. The van der Waals surface area contributed by atoms with Crippen LogP contribution in [-0.2, 0) is 6.54 Å². The number of rotatable bonds is 5. The van der Waals surface area contributed by atoms with Crippen LogP contribution < -0.4 is 11.1 Å². The van der Waals surface area contributed by atoms with Gasteiger partial charge in [-0.3, -0.25) is 4.90 Å². The summed E-state index contributed by atoms with van der Waals surface area (Å²) in [4.78, 5) is 18.5. The SMILES string of the molecule is CCN1CCCC2(CCCN(Cc3nc(N)nc(Nc4cccc(C)c4)n3)C2)C1. The number of nitrogens with two attached hydrogens (primary N) is 1. The average Bonchev–Trinajstić information content (AvgIpc) is 2.67. The fraction of sp³-hybridized carbons (Fsp3) is 0.591. The minimum Gasteiger partial charge on any atom is -0.368 e. The van der Waals surface area contributed by atoms with Crippen molar-refractivity contribution in [2.24, 2.45) is 5.41 Å². The van der Waals surface area contributed by atoms with Crippen molar-refractivity contribution in [3.05, 3.63) is 35.7 Å². The summed E-state index contributed by atoms with van der Waals surface area (Å²) in [5, 5.41) is 3.27. The van der Waals surface area contributed by atoms with Crippen molar-refractivity contribution >= 4 is 17.6 Å². The Kier molecular flexibility index (Phi) is 5.96. The Morgan fingerprint density at radius 1 is 1.07 bits per heavy atom. The lowest BCUT2D eigenvalue weighted by molar-refractivity contribution is 0.0117. The van der Waals surface area contributed by atoms with Crippen molar-refractivity contribution < 1.29 is 0 Å². The Morgan fingerprint density at radius 3 is 2.59 bits per heavy atom. The average molecular weight is 396 g/mol. The van der Waals surface area contributed by atoms with Gasteiger partial charge in [-0.25, -0.2) is 0 Å². The van der Waals surface area contributed by atoms with E-state index in [1.807, 2.05) is 12.1 Å². The number of hydrogen-bond donors (Lipinski definition) is 2. The van der Waals surface area contributed by atoms with Crippen LogP contribution in [0, 0.1) is 12.3 Å². The number of hydrogen-bond acceptors (Lipinski definition) is 7. The van der Waals surface area contributed by atoms with Gasteiger partial charge in [0.05, 0.1) is 6.54 Å². The Hall–Kier alpha value is -2.25. The van der Waals surface area contributed by atoms with Crippen LogP contribution in [0.2, 0.25) is 0 Å². The smallest absolute Gasteiger partial charge is 0.232 e. The first kappa shape index (κ1) is 20.0. The molecule has 1 spiro atoms. The first-order chi connectivity index (χ1) is 14.0. The summed E-state index contributed by atoms with van der Waals surface area (Å²) in [6, 6.07) is 8.15. The van der Waals surface area contributed by atoms with Crippen LogP contribution in [0.15, 0.2) is 24.3 Å². The van der Waals surface area contributed by atoms with Crippen molar-refractivity contribution in [1.82, 2.24) is 24.8 Å². The van der Waals surface area contributed by atoms with Crippen LogP contribution in [0.25, 0.3) is 0 Å². The number of nitrogens with zero attached hydrogens (tertiary/aromatic N) is 5. The Balaban J connectivity index is 1.45. The maximum absolute atomic E-state index is 5.99. The van der Waals surface area contributed by atoms with Gasteiger partial charge in [-0.2, -0.15) is 15.0 Å². The van der Waals surface area contributed by atoms with Crippen LogP contribution in [-0.4, -0.2) is 57.5 Å². The maximum Gasteiger partial charge on any atom is 0.232 e. The van der Waals surface area contributed by atoms with E-state index >= 15 is 0 Å². The fourth-order valence-corrected chi connectivity index (χ4v) is 4.97. The lowest BCUT2D eigenvalue weighted by Crippen LogP contribution is -2.52. The van der Waals surface area contributed by atoms with Gasteiger partial charge in [-0.15, -0.1) is 0 Å². The quantitative estimate of drug-likeness (QED) is 0.804. The van der Waals surface area contributed by atoms with Gasteiger partial charge in [0, 0.05) is 18.8 Å². The normalized spacial score (nSPS) is 23.4. The van der Waals surface area contributed by atoms with E-state index in [1.54, 1.807) is 0 Å². The monoisotopic (exact) mass is 395 g/mol. The third-order valence-corrected chi connectivity index (χ3v) is 6.27. The Morgan fingerprint density at radius 2 is 1.83 bits per heavy atom. The molecule has 2 aromatic rings. The lowest BCUT2D eigenvalue weighted by Gasteiger charge is -2.48. The van der Waals surface area contributed by atoms with Crippen LogP contribution >= 0.6 is 0 Å². The third-order valence-electron chi connectivity index (χ3n) is 6.27. The number of nitrogens with one attached hydrogen (secondary N) is 1. The van der Waals surface area contributed by atoms with E-state index in [-0.39, 0.29) is 5.95 Å². The predicted molar refractivity (Wildman–Crippen MR) is 117 cm³/mol. The van der Waals surface area contributed by atoms with Gasteiger partial charge in [0.15, 0.2) is 0 Å². The molecule has 2 aliphatic heterocycles. The second kappa shape index (κ2) is 8.63. The number of benzene rings is 1. The topological polar surface area (TPSA) is 83.2 Å². The van der Waals surface area contributed by atoms with E-state index < -0.39 is 0 Å². The summed E-state index contributed by atoms with van der Waals surface area (Å²) < 4.78 is 0. The second-order valence-corrected chi connectivity index (χ2v) is 8.71. The minimum absolute atomic E-state index is 0.270. The number of anilines is 3. The van der Waals surface area contributed by atoms with Gasteiger partial charge in [0.25, 0.3) is 0 Å². The molecule has 3 N–H and O–H groups in total. The van der Waals surface area contributed by atoms with Gasteiger partial charge in [0.2, 0.25) is 11.9 Å². The van der Waals surface area contributed by atoms with Gasteiger partial charge in [-0.05, 0) is 75.4 Å². The van der Waals surface area contributed by atoms with Gasteiger partial charge in [-0.1, -0.05) is 19.1 Å². The van der Waals surface area contributed by atoms with Crippen molar-refractivity contribution in [2.45, 2.75) is 46.1 Å². The summed E-state index contributed by atoms with van der Waals surface area (Å²) in [6.45, 7) is 10.9. The third kappa shape index (κ3) is 5.03.